The zero-order chi connectivity index (χ0) is 33.5. The molecule has 246 valence electrons. The highest BCUT2D eigenvalue weighted by atomic mass is 15.2. The number of hydrogen-bond acceptors (Lipinski definition) is 2. The standard InChI is InChI=1S/C46H52N2/c1-6-11-40(12-7-2)47(41-23-13-35(3)14-24-41)44-29-19-38(20-30-44)46(33-9-8-10-34-46)39-21-31-45(32-22-39)48(42-25-15-36(4)16-26-42)43-27-17-37(5)18-28-43/h6-7,11-23,25-27,29-32,41,43H,1,8-10,24,28,33-34H2,2-5H3/b12-7?,40-11+. The maximum atomic E-state index is 4.03. The van der Waals surface area contributed by atoms with Crippen LogP contribution < -0.4 is 9.80 Å². The van der Waals surface area contributed by atoms with Gasteiger partial charge < -0.3 is 9.80 Å². The van der Waals surface area contributed by atoms with Crippen LogP contribution in [0.15, 0.2) is 157 Å². The monoisotopic (exact) mass is 632 g/mol. The number of benzene rings is 3. The Bertz CT molecular complexity index is 1740. The quantitative estimate of drug-likeness (QED) is 0.205. The normalized spacial score (nSPS) is 20.7. The molecule has 1 fully saturated rings. The molecule has 2 unspecified atom stereocenters. The summed E-state index contributed by atoms with van der Waals surface area (Å²) in [6, 6.07) is 28.7. The van der Waals surface area contributed by atoms with E-state index in [0.717, 1.165) is 18.5 Å². The average Bonchev–Trinajstić information content (AvgIpc) is 3.12. The summed E-state index contributed by atoms with van der Waals surface area (Å²) in [6.45, 7) is 12.6. The third-order valence-corrected chi connectivity index (χ3v) is 10.5. The van der Waals surface area contributed by atoms with E-state index in [9.17, 15) is 0 Å². The van der Waals surface area contributed by atoms with Crippen LogP contribution in [0.1, 0.15) is 82.4 Å². The first-order valence-electron chi connectivity index (χ1n) is 17.9. The predicted molar refractivity (Wildman–Crippen MR) is 208 cm³/mol. The average molecular weight is 633 g/mol. The topological polar surface area (TPSA) is 6.48 Å². The van der Waals surface area contributed by atoms with Crippen LogP contribution in [0.4, 0.5) is 17.1 Å². The third-order valence-electron chi connectivity index (χ3n) is 10.5. The fraction of sp³-hybridized carbons (Fsp3) is 0.304. The first-order valence-corrected chi connectivity index (χ1v) is 17.9. The number of aryl methyl sites for hydroxylation is 1. The Hall–Kier alpha value is -4.56. The van der Waals surface area contributed by atoms with Crippen LogP contribution in [0.5, 0.6) is 0 Å². The molecule has 48 heavy (non-hydrogen) atoms. The lowest BCUT2D eigenvalue weighted by Gasteiger charge is -2.40. The summed E-state index contributed by atoms with van der Waals surface area (Å²) in [6.07, 6.45) is 30.4. The number of allylic oxidation sites excluding steroid dienone is 8. The van der Waals surface area contributed by atoms with Gasteiger partial charge in [-0.25, -0.2) is 0 Å². The minimum atomic E-state index is 0.0210. The van der Waals surface area contributed by atoms with Crippen LogP contribution in [0.3, 0.4) is 0 Å². The number of rotatable bonds is 10. The van der Waals surface area contributed by atoms with Crippen molar-refractivity contribution in [1.82, 2.24) is 0 Å². The van der Waals surface area contributed by atoms with Gasteiger partial charge in [0, 0.05) is 28.2 Å². The molecule has 0 N–H and O–H groups in total. The van der Waals surface area contributed by atoms with Crippen LogP contribution in [-0.2, 0) is 5.41 Å². The minimum Gasteiger partial charge on any atom is -0.334 e. The summed E-state index contributed by atoms with van der Waals surface area (Å²) < 4.78 is 0. The van der Waals surface area contributed by atoms with Gasteiger partial charge >= 0.3 is 0 Å². The van der Waals surface area contributed by atoms with Gasteiger partial charge in [0.25, 0.3) is 0 Å². The summed E-state index contributed by atoms with van der Waals surface area (Å²) in [4.78, 5) is 4.97. The zero-order valence-corrected chi connectivity index (χ0v) is 29.4. The second kappa shape index (κ2) is 15.1. The molecule has 0 saturated heterocycles. The van der Waals surface area contributed by atoms with E-state index in [1.54, 1.807) is 0 Å². The van der Waals surface area contributed by atoms with Gasteiger partial charge in [0.1, 0.15) is 0 Å². The molecule has 6 rings (SSSR count). The summed E-state index contributed by atoms with van der Waals surface area (Å²) in [7, 11) is 0. The van der Waals surface area contributed by atoms with E-state index < -0.39 is 0 Å². The maximum Gasteiger partial charge on any atom is 0.0560 e. The number of nitrogens with zero attached hydrogens (tertiary/aromatic N) is 2. The summed E-state index contributed by atoms with van der Waals surface area (Å²) >= 11 is 0. The van der Waals surface area contributed by atoms with Gasteiger partial charge in [0.05, 0.1) is 12.1 Å². The third kappa shape index (κ3) is 7.14. The van der Waals surface area contributed by atoms with E-state index in [4.69, 9.17) is 0 Å². The highest BCUT2D eigenvalue weighted by Crippen LogP contribution is 2.46. The summed E-state index contributed by atoms with van der Waals surface area (Å²) in [5.74, 6) is 0. The Labute approximate surface area is 289 Å². The number of anilines is 3. The lowest BCUT2D eigenvalue weighted by Crippen LogP contribution is -2.34. The fourth-order valence-electron chi connectivity index (χ4n) is 7.87. The Morgan fingerprint density at radius 3 is 1.71 bits per heavy atom. The molecule has 2 nitrogen and oxygen atoms in total. The van der Waals surface area contributed by atoms with Crippen LogP contribution >= 0.6 is 0 Å². The molecule has 3 aromatic carbocycles. The Morgan fingerprint density at radius 1 is 0.688 bits per heavy atom. The van der Waals surface area contributed by atoms with Gasteiger partial charge in [-0.3, -0.25) is 0 Å². The highest BCUT2D eigenvalue weighted by Gasteiger charge is 2.36. The smallest absolute Gasteiger partial charge is 0.0560 e. The van der Waals surface area contributed by atoms with Gasteiger partial charge in [-0.2, -0.15) is 0 Å². The SMILES string of the molecule is C=C/C=C(\C=CC)N(c1ccc(C2(c3ccc(N(c4ccc(C)cc4)C4C=CC(C)=CC4)cc3)CCCCC2)cc1)C1C=CC(C)=CC1. The molecule has 3 aromatic rings. The molecule has 0 radical (unpaired) electrons. The van der Waals surface area contributed by atoms with E-state index in [-0.39, 0.29) is 11.5 Å². The molecule has 0 aliphatic heterocycles. The molecule has 2 heteroatoms. The van der Waals surface area contributed by atoms with Crippen LogP contribution in [0.2, 0.25) is 0 Å². The largest absolute Gasteiger partial charge is 0.334 e. The number of hydrogen-bond donors (Lipinski definition) is 0. The van der Waals surface area contributed by atoms with Gasteiger partial charge in [0.15, 0.2) is 0 Å². The van der Waals surface area contributed by atoms with E-state index in [1.165, 1.54) is 77.0 Å². The van der Waals surface area contributed by atoms with E-state index in [0.29, 0.717) is 6.04 Å². The lowest BCUT2D eigenvalue weighted by atomic mass is 9.65. The van der Waals surface area contributed by atoms with Gasteiger partial charge in [-0.15, -0.1) is 0 Å². The van der Waals surface area contributed by atoms with Crippen molar-refractivity contribution in [3.8, 4) is 0 Å². The van der Waals surface area contributed by atoms with Crippen LogP contribution in [0, 0.1) is 6.92 Å². The minimum absolute atomic E-state index is 0.0210. The van der Waals surface area contributed by atoms with Crippen molar-refractivity contribution >= 4 is 17.1 Å². The van der Waals surface area contributed by atoms with E-state index in [2.05, 4.69) is 172 Å². The zero-order valence-electron chi connectivity index (χ0n) is 29.4. The molecule has 3 aliphatic carbocycles. The van der Waals surface area contributed by atoms with Gasteiger partial charge in [-0.05, 0) is 113 Å². The van der Waals surface area contributed by atoms with E-state index in [1.807, 2.05) is 6.08 Å². The Morgan fingerprint density at radius 2 is 1.21 bits per heavy atom. The molecular weight excluding hydrogens is 581 g/mol. The second-order valence-corrected chi connectivity index (χ2v) is 13.9. The van der Waals surface area contributed by atoms with E-state index >= 15 is 0 Å². The van der Waals surface area contributed by atoms with Crippen molar-refractivity contribution < 1.29 is 0 Å². The molecular formula is C46H52N2. The molecule has 0 amide bonds. The molecule has 2 atom stereocenters. The Kier molecular flexibility index (Phi) is 10.5. The van der Waals surface area contributed by atoms with Crippen molar-refractivity contribution in [1.29, 1.82) is 0 Å². The lowest BCUT2D eigenvalue weighted by molar-refractivity contribution is 0.346. The van der Waals surface area contributed by atoms with Crippen molar-refractivity contribution in [3.05, 3.63) is 174 Å². The first kappa shape index (κ1) is 33.3. The van der Waals surface area contributed by atoms with Crippen molar-refractivity contribution in [2.75, 3.05) is 9.80 Å². The first-order chi connectivity index (χ1) is 23.4. The van der Waals surface area contributed by atoms with Crippen molar-refractivity contribution in [2.24, 2.45) is 0 Å². The predicted octanol–water partition coefficient (Wildman–Crippen LogP) is 12.4. The highest BCUT2D eigenvalue weighted by molar-refractivity contribution is 5.67. The molecule has 0 heterocycles. The molecule has 0 spiro atoms. The molecule has 0 bridgehead atoms. The summed E-state index contributed by atoms with van der Waals surface area (Å²) in [5.41, 5.74) is 11.7. The van der Waals surface area contributed by atoms with Gasteiger partial charge in [0.2, 0.25) is 0 Å². The maximum absolute atomic E-state index is 4.03. The van der Waals surface area contributed by atoms with Crippen LogP contribution in [0.25, 0.3) is 0 Å². The Balaban J connectivity index is 1.35. The molecule has 3 aliphatic rings. The van der Waals surface area contributed by atoms with Crippen molar-refractivity contribution in [2.45, 2.75) is 90.1 Å². The fourth-order valence-corrected chi connectivity index (χ4v) is 7.87. The van der Waals surface area contributed by atoms with Gasteiger partial charge in [-0.1, -0.05) is 128 Å². The van der Waals surface area contributed by atoms with Crippen LogP contribution in [-0.4, -0.2) is 12.1 Å². The molecule has 0 aromatic heterocycles. The van der Waals surface area contributed by atoms with Crippen molar-refractivity contribution in [3.63, 3.8) is 0 Å². The second-order valence-electron chi connectivity index (χ2n) is 13.9. The summed E-state index contributed by atoms with van der Waals surface area (Å²) in [5, 5.41) is 0. The molecule has 1 saturated carbocycles.